The van der Waals surface area contributed by atoms with Crippen molar-refractivity contribution in [2.45, 2.75) is 24.9 Å². The number of nitrogens with zero attached hydrogens (tertiary/aromatic N) is 2. The molecule has 3 N–H and O–H groups in total. The minimum atomic E-state index is -4.72. The number of anilines is 1. The van der Waals surface area contributed by atoms with E-state index < -0.39 is 28.4 Å². The van der Waals surface area contributed by atoms with Crippen molar-refractivity contribution >= 4 is 28.0 Å². The normalized spacial score (nSPS) is 24.0. The Labute approximate surface area is 132 Å². The third kappa shape index (κ3) is 2.82. The quantitative estimate of drug-likeness (QED) is 0.748. The number of benzene rings is 1. The van der Waals surface area contributed by atoms with Crippen LogP contribution >= 0.6 is 0 Å². The van der Waals surface area contributed by atoms with E-state index >= 15 is 0 Å². The van der Waals surface area contributed by atoms with Crippen molar-refractivity contribution in [3.63, 3.8) is 0 Å². The Morgan fingerprint density at radius 3 is 2.65 bits per heavy atom. The van der Waals surface area contributed by atoms with E-state index in [2.05, 4.69) is 4.18 Å². The van der Waals surface area contributed by atoms with Crippen molar-refractivity contribution in [2.24, 2.45) is 5.73 Å². The predicted molar refractivity (Wildman–Crippen MR) is 79.2 cm³/mol. The van der Waals surface area contributed by atoms with E-state index in [-0.39, 0.29) is 17.5 Å². The molecule has 2 aliphatic heterocycles. The molecule has 0 unspecified atom stereocenters. The first-order valence-corrected chi connectivity index (χ1v) is 8.29. The van der Waals surface area contributed by atoms with Crippen molar-refractivity contribution < 1.29 is 26.7 Å². The fraction of sp³-hybridized carbons (Fsp3) is 0.385. The molecule has 0 aromatic heterocycles. The molecular weight excluding hydrogens is 326 g/mol. The molecule has 0 radical (unpaired) electrons. The van der Waals surface area contributed by atoms with Crippen LogP contribution in [0.15, 0.2) is 24.3 Å². The molecule has 2 atom stereocenters. The van der Waals surface area contributed by atoms with Crippen LogP contribution in [0.4, 0.5) is 10.5 Å². The number of hydrogen-bond acceptors (Lipinski definition) is 5. The number of urea groups is 1. The minimum absolute atomic E-state index is 0.160. The van der Waals surface area contributed by atoms with Gasteiger partial charge in [0.15, 0.2) is 5.75 Å². The number of amides is 3. The van der Waals surface area contributed by atoms with Gasteiger partial charge in [-0.05, 0) is 25.0 Å². The van der Waals surface area contributed by atoms with Crippen LogP contribution in [0.1, 0.15) is 12.8 Å². The first-order chi connectivity index (χ1) is 10.8. The molecule has 0 spiro atoms. The number of para-hydroxylation sites is 2. The van der Waals surface area contributed by atoms with E-state index in [0.717, 1.165) is 0 Å². The van der Waals surface area contributed by atoms with Crippen LogP contribution in [-0.2, 0) is 15.2 Å². The summed E-state index contributed by atoms with van der Waals surface area (Å²) in [5.41, 5.74) is 5.54. The van der Waals surface area contributed by atoms with Crippen molar-refractivity contribution in [1.29, 1.82) is 0 Å². The molecule has 2 fully saturated rings. The largest absolute Gasteiger partial charge is 0.446 e. The van der Waals surface area contributed by atoms with Gasteiger partial charge >= 0.3 is 16.4 Å². The third-order valence-corrected chi connectivity index (χ3v) is 4.41. The summed E-state index contributed by atoms with van der Waals surface area (Å²) < 4.78 is 35.4. The van der Waals surface area contributed by atoms with Crippen molar-refractivity contribution in [2.75, 3.05) is 11.4 Å². The summed E-state index contributed by atoms with van der Waals surface area (Å²) in [5.74, 6) is -0.728. The first-order valence-electron chi connectivity index (χ1n) is 6.93. The lowest BCUT2D eigenvalue weighted by molar-refractivity contribution is -0.122. The topological polar surface area (TPSA) is 130 Å². The average molecular weight is 341 g/mol. The molecule has 0 aliphatic carbocycles. The van der Waals surface area contributed by atoms with Gasteiger partial charge in [-0.1, -0.05) is 12.1 Å². The molecule has 9 nitrogen and oxygen atoms in total. The molecule has 23 heavy (non-hydrogen) atoms. The van der Waals surface area contributed by atoms with Gasteiger partial charge in [0, 0.05) is 6.54 Å². The Balaban J connectivity index is 1.97. The number of fused-ring (bicyclic) bond motifs is 2. The smallest absolute Gasteiger partial charge is 0.368 e. The van der Waals surface area contributed by atoms with Gasteiger partial charge in [-0.2, -0.15) is 8.42 Å². The summed E-state index contributed by atoms with van der Waals surface area (Å²) in [6.45, 7) is 0.326. The zero-order valence-electron chi connectivity index (χ0n) is 12.0. The Bertz CT molecular complexity index is 765. The summed E-state index contributed by atoms with van der Waals surface area (Å²) in [4.78, 5) is 26.8. The molecule has 124 valence electrons. The fourth-order valence-electron chi connectivity index (χ4n) is 3.10. The van der Waals surface area contributed by atoms with Gasteiger partial charge in [-0.25, -0.2) is 4.79 Å². The highest BCUT2D eigenvalue weighted by Gasteiger charge is 2.47. The van der Waals surface area contributed by atoms with Crippen molar-refractivity contribution in [3.8, 4) is 5.75 Å². The molecule has 10 heteroatoms. The number of primary amides is 1. The van der Waals surface area contributed by atoms with Crippen LogP contribution in [-0.4, -0.2) is 48.4 Å². The van der Waals surface area contributed by atoms with Gasteiger partial charge in [-0.15, -0.1) is 0 Å². The van der Waals surface area contributed by atoms with Crippen LogP contribution in [0, 0.1) is 0 Å². The number of rotatable bonds is 4. The number of carbonyl (C=O) groups excluding carboxylic acids is 2. The average Bonchev–Trinajstić information content (AvgIpc) is 2.70. The molecule has 2 bridgehead atoms. The van der Waals surface area contributed by atoms with E-state index in [9.17, 15) is 18.0 Å². The van der Waals surface area contributed by atoms with Crippen LogP contribution in [0.25, 0.3) is 0 Å². The second kappa shape index (κ2) is 5.39. The van der Waals surface area contributed by atoms with Crippen LogP contribution in [0.3, 0.4) is 0 Å². The van der Waals surface area contributed by atoms with Gasteiger partial charge in [-0.3, -0.25) is 14.2 Å². The second-order valence-corrected chi connectivity index (χ2v) is 6.46. The fourth-order valence-corrected chi connectivity index (χ4v) is 3.47. The van der Waals surface area contributed by atoms with E-state index in [1.54, 1.807) is 6.07 Å². The van der Waals surface area contributed by atoms with E-state index in [1.165, 1.54) is 28.0 Å². The van der Waals surface area contributed by atoms with Gasteiger partial charge in [0.1, 0.15) is 6.04 Å². The van der Waals surface area contributed by atoms with Crippen molar-refractivity contribution in [1.82, 2.24) is 4.90 Å². The number of hydrogen-bond donors (Lipinski definition) is 2. The summed E-state index contributed by atoms with van der Waals surface area (Å²) >= 11 is 0. The molecule has 2 heterocycles. The van der Waals surface area contributed by atoms with Crippen LogP contribution in [0.5, 0.6) is 5.75 Å². The van der Waals surface area contributed by atoms with E-state index in [4.69, 9.17) is 10.3 Å². The second-order valence-electron chi connectivity index (χ2n) is 5.43. The van der Waals surface area contributed by atoms with Gasteiger partial charge in [0.05, 0.1) is 11.7 Å². The van der Waals surface area contributed by atoms with Gasteiger partial charge in [0.2, 0.25) is 5.91 Å². The third-order valence-electron chi connectivity index (χ3n) is 4.02. The SMILES string of the molecule is NC(=O)[C@@H]1CC[C@@H]2CN1C(=O)N2c1ccccc1OS(=O)(=O)O. The molecule has 2 saturated heterocycles. The zero-order valence-corrected chi connectivity index (χ0v) is 12.8. The van der Waals surface area contributed by atoms with Crippen LogP contribution in [0.2, 0.25) is 0 Å². The maximum Gasteiger partial charge on any atom is 0.446 e. The molecule has 1 aromatic carbocycles. The number of piperidine rings is 1. The zero-order chi connectivity index (χ0) is 16.8. The summed E-state index contributed by atoms with van der Waals surface area (Å²) in [6, 6.07) is 4.65. The monoisotopic (exact) mass is 341 g/mol. The maximum atomic E-state index is 12.6. The molecule has 0 saturated carbocycles. The number of nitrogens with two attached hydrogens (primary N) is 1. The highest BCUT2D eigenvalue weighted by Crippen LogP contribution is 2.38. The highest BCUT2D eigenvalue weighted by atomic mass is 32.3. The highest BCUT2D eigenvalue weighted by molar-refractivity contribution is 7.81. The van der Waals surface area contributed by atoms with E-state index in [0.29, 0.717) is 19.4 Å². The Morgan fingerprint density at radius 2 is 2.00 bits per heavy atom. The lowest BCUT2D eigenvalue weighted by atomic mass is 10.00. The lowest BCUT2D eigenvalue weighted by Crippen LogP contribution is -2.47. The standard InChI is InChI=1S/C13H15N3O6S/c14-12(17)10-6-5-8-7-15(10)13(18)16(8)9-3-1-2-4-11(9)22-23(19,20)21/h1-4,8,10H,5-7H2,(H2,14,17)(H,19,20,21)/t8-,10+/m1/s1. The minimum Gasteiger partial charge on any atom is -0.368 e. The Morgan fingerprint density at radius 1 is 1.30 bits per heavy atom. The Kier molecular flexibility index (Phi) is 3.65. The van der Waals surface area contributed by atoms with Crippen LogP contribution < -0.4 is 14.8 Å². The van der Waals surface area contributed by atoms with Crippen molar-refractivity contribution in [3.05, 3.63) is 24.3 Å². The summed E-state index contributed by atoms with van der Waals surface area (Å²) in [6.07, 6.45) is 1.000. The molecule has 2 aliphatic rings. The first kappa shape index (κ1) is 15.6. The molecule has 1 aromatic rings. The summed E-state index contributed by atoms with van der Waals surface area (Å²) in [7, 11) is -4.72. The molecular formula is C13H15N3O6S. The Hall–Kier alpha value is -2.33. The van der Waals surface area contributed by atoms with Gasteiger partial charge in [0.25, 0.3) is 0 Å². The molecule has 3 rings (SSSR count). The maximum absolute atomic E-state index is 12.6. The summed E-state index contributed by atoms with van der Waals surface area (Å²) in [5, 5.41) is 0. The number of carbonyl (C=O) groups is 2. The predicted octanol–water partition coefficient (Wildman–Crippen LogP) is 0.127. The van der Waals surface area contributed by atoms with E-state index in [1.807, 2.05) is 0 Å². The lowest BCUT2D eigenvalue weighted by Gasteiger charge is -2.28. The molecule has 3 amide bonds. The van der Waals surface area contributed by atoms with Gasteiger partial charge < -0.3 is 14.8 Å².